The van der Waals surface area contributed by atoms with Crippen LogP contribution in [0.25, 0.3) is 0 Å². The van der Waals surface area contributed by atoms with Crippen LogP contribution in [0.15, 0.2) is 18.2 Å². The second kappa shape index (κ2) is 8.89. The highest BCUT2D eigenvalue weighted by molar-refractivity contribution is 5.85. The van der Waals surface area contributed by atoms with Gasteiger partial charge in [-0.25, -0.2) is 0 Å². The maximum absolute atomic E-state index is 13.0. The molecule has 3 aliphatic rings. The van der Waals surface area contributed by atoms with Gasteiger partial charge in [0.1, 0.15) is 18.8 Å². The Morgan fingerprint density at radius 2 is 1.79 bits per heavy atom. The Morgan fingerprint density at radius 1 is 1.11 bits per heavy atom. The van der Waals surface area contributed by atoms with E-state index in [0.29, 0.717) is 32.6 Å². The van der Waals surface area contributed by atoms with E-state index in [1.54, 1.807) is 7.11 Å². The third-order valence-electron chi connectivity index (χ3n) is 6.52. The number of rotatable bonds is 5. The van der Waals surface area contributed by atoms with Gasteiger partial charge in [-0.15, -0.1) is 12.4 Å². The predicted octanol–water partition coefficient (Wildman–Crippen LogP) is 2.58. The molecule has 0 aromatic heterocycles. The molecule has 1 aliphatic carbocycles. The molecular weight excluding hydrogens is 380 g/mol. The Bertz CT molecular complexity index is 685. The molecule has 4 rings (SSSR count). The molecule has 2 aliphatic heterocycles. The van der Waals surface area contributed by atoms with Gasteiger partial charge in [-0.2, -0.15) is 0 Å². The molecule has 156 valence electrons. The van der Waals surface area contributed by atoms with E-state index >= 15 is 0 Å². The normalized spacial score (nSPS) is 22.2. The van der Waals surface area contributed by atoms with Gasteiger partial charge in [0.05, 0.1) is 0 Å². The van der Waals surface area contributed by atoms with Crippen LogP contribution in [0, 0.1) is 0 Å². The summed E-state index contributed by atoms with van der Waals surface area (Å²) in [6.45, 7) is 3.46. The fourth-order valence-electron chi connectivity index (χ4n) is 4.76. The van der Waals surface area contributed by atoms with Crippen molar-refractivity contribution in [1.82, 2.24) is 10.6 Å². The van der Waals surface area contributed by atoms with Gasteiger partial charge in [0, 0.05) is 19.1 Å². The Hall–Kier alpha value is -1.50. The van der Waals surface area contributed by atoms with Crippen LogP contribution in [0.5, 0.6) is 11.5 Å². The number of fused-ring (bicyclic) bond motifs is 1. The summed E-state index contributed by atoms with van der Waals surface area (Å²) in [4.78, 5) is 13.0. The number of hydrogen-bond acceptors (Lipinski definition) is 5. The molecule has 0 unspecified atom stereocenters. The SMILES string of the molecule is COC1(C(=O)NCC2(c3ccc4c(c3)OCCO4)CCCC2)CCNCC1.Cl. The Labute approximate surface area is 173 Å². The highest BCUT2D eigenvalue weighted by Crippen LogP contribution is 2.44. The number of ether oxygens (including phenoxy) is 3. The van der Waals surface area contributed by atoms with Crippen molar-refractivity contribution in [2.45, 2.75) is 49.5 Å². The second-order valence-corrected chi connectivity index (χ2v) is 7.98. The molecule has 28 heavy (non-hydrogen) atoms. The monoisotopic (exact) mass is 410 g/mol. The first-order valence-corrected chi connectivity index (χ1v) is 10.1. The fourth-order valence-corrected chi connectivity index (χ4v) is 4.76. The summed E-state index contributed by atoms with van der Waals surface area (Å²) in [5.74, 6) is 1.66. The molecule has 2 fully saturated rings. The van der Waals surface area contributed by atoms with Crippen molar-refractivity contribution < 1.29 is 19.0 Å². The number of benzene rings is 1. The molecule has 1 aromatic carbocycles. The van der Waals surface area contributed by atoms with E-state index in [2.05, 4.69) is 22.8 Å². The van der Waals surface area contributed by atoms with Crippen molar-refractivity contribution in [1.29, 1.82) is 0 Å². The van der Waals surface area contributed by atoms with Gasteiger partial charge in [0.25, 0.3) is 5.91 Å². The first-order chi connectivity index (χ1) is 13.2. The summed E-state index contributed by atoms with van der Waals surface area (Å²) in [5.41, 5.74) is 0.506. The van der Waals surface area contributed by atoms with E-state index in [4.69, 9.17) is 14.2 Å². The van der Waals surface area contributed by atoms with Gasteiger partial charge in [-0.3, -0.25) is 4.79 Å². The molecule has 2 heterocycles. The van der Waals surface area contributed by atoms with Crippen LogP contribution in [0.4, 0.5) is 0 Å². The number of carbonyl (C=O) groups excluding carboxylic acids is 1. The highest BCUT2D eigenvalue weighted by Gasteiger charge is 2.42. The number of amides is 1. The predicted molar refractivity (Wildman–Crippen MR) is 110 cm³/mol. The maximum Gasteiger partial charge on any atom is 0.252 e. The molecule has 7 heteroatoms. The third kappa shape index (κ3) is 3.95. The lowest BCUT2D eigenvalue weighted by Gasteiger charge is -2.37. The highest BCUT2D eigenvalue weighted by atomic mass is 35.5. The molecule has 1 saturated heterocycles. The van der Waals surface area contributed by atoms with Gasteiger partial charge < -0.3 is 24.8 Å². The average molecular weight is 411 g/mol. The number of halogens is 1. The second-order valence-electron chi connectivity index (χ2n) is 7.98. The summed E-state index contributed by atoms with van der Waals surface area (Å²) in [6.07, 6.45) is 5.95. The summed E-state index contributed by atoms with van der Waals surface area (Å²) in [6, 6.07) is 6.26. The molecule has 0 radical (unpaired) electrons. The van der Waals surface area contributed by atoms with Crippen molar-refractivity contribution >= 4 is 18.3 Å². The summed E-state index contributed by atoms with van der Waals surface area (Å²) < 4.78 is 17.1. The van der Waals surface area contributed by atoms with Crippen LogP contribution in [-0.4, -0.2) is 51.5 Å². The number of piperidine rings is 1. The topological polar surface area (TPSA) is 68.8 Å². The first-order valence-electron chi connectivity index (χ1n) is 10.1. The molecule has 2 N–H and O–H groups in total. The molecule has 1 aromatic rings. The zero-order valence-corrected chi connectivity index (χ0v) is 17.4. The van der Waals surface area contributed by atoms with Crippen LogP contribution in [0.3, 0.4) is 0 Å². The van der Waals surface area contributed by atoms with Gasteiger partial charge in [0.2, 0.25) is 0 Å². The van der Waals surface area contributed by atoms with E-state index in [-0.39, 0.29) is 23.7 Å². The average Bonchev–Trinajstić information content (AvgIpc) is 3.22. The van der Waals surface area contributed by atoms with E-state index in [0.717, 1.165) is 37.4 Å². The Balaban J connectivity index is 0.00000225. The Kier molecular flexibility index (Phi) is 6.73. The quantitative estimate of drug-likeness (QED) is 0.780. The smallest absolute Gasteiger partial charge is 0.252 e. The van der Waals surface area contributed by atoms with Crippen molar-refractivity contribution in [3.8, 4) is 11.5 Å². The van der Waals surface area contributed by atoms with Crippen LogP contribution in [0.2, 0.25) is 0 Å². The maximum atomic E-state index is 13.0. The molecule has 6 nitrogen and oxygen atoms in total. The van der Waals surface area contributed by atoms with Crippen molar-refractivity contribution in [3.63, 3.8) is 0 Å². The number of hydrogen-bond donors (Lipinski definition) is 2. The van der Waals surface area contributed by atoms with E-state index in [1.165, 1.54) is 18.4 Å². The molecular formula is C21H31ClN2O4. The van der Waals surface area contributed by atoms with E-state index < -0.39 is 5.60 Å². The van der Waals surface area contributed by atoms with E-state index in [9.17, 15) is 4.79 Å². The lowest BCUT2D eigenvalue weighted by molar-refractivity contribution is -0.147. The summed E-state index contributed by atoms with van der Waals surface area (Å²) >= 11 is 0. The largest absolute Gasteiger partial charge is 0.486 e. The zero-order chi connectivity index (χ0) is 18.7. The molecule has 0 bridgehead atoms. The van der Waals surface area contributed by atoms with Crippen molar-refractivity contribution in [2.24, 2.45) is 0 Å². The third-order valence-corrected chi connectivity index (χ3v) is 6.52. The lowest BCUT2D eigenvalue weighted by atomic mass is 9.78. The Morgan fingerprint density at radius 3 is 2.46 bits per heavy atom. The van der Waals surface area contributed by atoms with Crippen LogP contribution < -0.4 is 20.1 Å². The van der Waals surface area contributed by atoms with Crippen LogP contribution in [0.1, 0.15) is 44.1 Å². The van der Waals surface area contributed by atoms with Crippen LogP contribution in [-0.2, 0) is 14.9 Å². The van der Waals surface area contributed by atoms with Crippen molar-refractivity contribution in [2.75, 3.05) is 40.0 Å². The minimum absolute atomic E-state index is 0. The van der Waals surface area contributed by atoms with Gasteiger partial charge >= 0.3 is 0 Å². The standard InChI is InChI=1S/C21H30N2O4.ClH/c1-25-21(8-10-22-11-9-21)19(24)23-15-20(6-2-3-7-20)16-4-5-17-18(14-16)27-13-12-26-17;/h4-5,14,22H,2-3,6-13,15H2,1H3,(H,23,24);1H. The zero-order valence-electron chi connectivity index (χ0n) is 16.6. The first kappa shape index (κ1) is 21.2. The van der Waals surface area contributed by atoms with Gasteiger partial charge in [0.15, 0.2) is 11.5 Å². The number of nitrogens with one attached hydrogen (secondary N) is 2. The van der Waals surface area contributed by atoms with Gasteiger partial charge in [-0.05, 0) is 56.5 Å². The minimum atomic E-state index is -0.697. The molecule has 1 saturated carbocycles. The lowest BCUT2D eigenvalue weighted by Crippen LogP contribution is -2.55. The molecule has 1 amide bonds. The molecule has 0 atom stereocenters. The fraction of sp³-hybridized carbons (Fsp3) is 0.667. The number of carbonyl (C=O) groups is 1. The van der Waals surface area contributed by atoms with Crippen molar-refractivity contribution in [3.05, 3.63) is 23.8 Å². The minimum Gasteiger partial charge on any atom is -0.486 e. The molecule has 0 spiro atoms. The summed E-state index contributed by atoms with van der Waals surface area (Å²) in [7, 11) is 1.65. The number of methoxy groups -OCH3 is 1. The van der Waals surface area contributed by atoms with Gasteiger partial charge in [-0.1, -0.05) is 18.9 Å². The van der Waals surface area contributed by atoms with Crippen LogP contribution >= 0.6 is 12.4 Å². The summed E-state index contributed by atoms with van der Waals surface area (Å²) in [5, 5.41) is 6.54. The van der Waals surface area contributed by atoms with E-state index in [1.807, 2.05) is 6.07 Å².